The van der Waals surface area contributed by atoms with Gasteiger partial charge in [-0.3, -0.25) is 9.55 Å². The first-order chi connectivity index (χ1) is 29.1. The van der Waals surface area contributed by atoms with Gasteiger partial charge in [0.2, 0.25) is 11.4 Å². The maximum atomic E-state index is 6.32. The number of benzene rings is 4. The number of rotatable bonds is 8. The Morgan fingerprint density at radius 2 is 0.968 bits per heavy atom. The first-order valence-corrected chi connectivity index (χ1v) is 20.9. The van der Waals surface area contributed by atoms with Crippen molar-refractivity contribution in [2.24, 2.45) is 0 Å². The summed E-state index contributed by atoms with van der Waals surface area (Å²) in [5.74, 6) is 3.03. The predicted molar refractivity (Wildman–Crippen MR) is 257 cm³/mol. The fourth-order valence-electron chi connectivity index (χ4n) is 8.55. The molecule has 10 rings (SSSR count). The topological polar surface area (TPSA) is 87.7 Å². The summed E-state index contributed by atoms with van der Waals surface area (Å²) in [5, 5.41) is 4.39. The fourth-order valence-corrected chi connectivity index (χ4v) is 8.55. The van der Waals surface area contributed by atoms with Crippen LogP contribution in [0.4, 0.5) is 0 Å². The van der Waals surface area contributed by atoms with E-state index in [1.165, 1.54) is 27.9 Å². The van der Waals surface area contributed by atoms with Crippen molar-refractivity contribution in [3.63, 3.8) is 0 Å². The van der Waals surface area contributed by atoms with Gasteiger partial charge < -0.3 is 13.4 Å². The Labute approximate surface area is 384 Å². The number of nitrogens with zero attached hydrogens (tertiary/aromatic N) is 6. The van der Waals surface area contributed by atoms with E-state index in [2.05, 4.69) is 140 Å². The van der Waals surface area contributed by atoms with Crippen LogP contribution in [0.15, 0.2) is 137 Å². The third-order valence-corrected chi connectivity index (χ3v) is 11.3. The first-order valence-electron chi connectivity index (χ1n) is 20.9. The SMILES string of the molecule is C.C.CC(C)c1cc2c(oc3ncccc32)c(C(C)C)c1-n1ccnc1-c1[c-]cccc1.CC(C)c1cc2c(oc3ncccc32)c(C(C)C)c1-n1ccnc1-c1ccccc1.[Ir]. The molecule has 0 bridgehead atoms. The summed E-state index contributed by atoms with van der Waals surface area (Å²) in [4.78, 5) is 18.3. The number of furan rings is 2. The van der Waals surface area contributed by atoms with Crippen LogP contribution < -0.4 is 0 Å². The Kier molecular flexibility index (Phi) is 14.0. The summed E-state index contributed by atoms with van der Waals surface area (Å²) in [6, 6.07) is 34.3. The van der Waals surface area contributed by atoms with Crippen LogP contribution >= 0.6 is 0 Å². The zero-order chi connectivity index (χ0) is 41.7. The van der Waals surface area contributed by atoms with Gasteiger partial charge in [0.15, 0.2) is 0 Å². The van der Waals surface area contributed by atoms with Crippen molar-refractivity contribution in [3.8, 4) is 34.2 Å². The van der Waals surface area contributed by atoms with Gasteiger partial charge in [-0.15, -0.1) is 35.9 Å². The molecule has 0 aliphatic rings. The summed E-state index contributed by atoms with van der Waals surface area (Å²) in [6.45, 7) is 17.8. The summed E-state index contributed by atoms with van der Waals surface area (Å²) in [7, 11) is 0. The van der Waals surface area contributed by atoms with Crippen molar-refractivity contribution < 1.29 is 28.9 Å². The van der Waals surface area contributed by atoms with Gasteiger partial charge >= 0.3 is 0 Å². The predicted octanol–water partition coefficient (Wildman–Crippen LogP) is 15.2. The minimum absolute atomic E-state index is 0. The van der Waals surface area contributed by atoms with Gasteiger partial charge in [-0.25, -0.2) is 15.0 Å². The molecule has 63 heavy (non-hydrogen) atoms. The molecule has 0 N–H and O–H groups in total. The van der Waals surface area contributed by atoms with Gasteiger partial charge in [-0.05, 0) is 71.2 Å². The average Bonchev–Trinajstić information content (AvgIpc) is 4.08. The third-order valence-electron chi connectivity index (χ3n) is 11.3. The molecular weight excluding hydrogens is 957 g/mol. The Balaban J connectivity index is 0.000000200. The van der Waals surface area contributed by atoms with Crippen LogP contribution in [0.3, 0.4) is 0 Å². The van der Waals surface area contributed by atoms with Gasteiger partial charge in [0, 0.05) is 101 Å². The van der Waals surface area contributed by atoms with Crippen molar-refractivity contribution >= 4 is 44.1 Å². The Bertz CT molecular complexity index is 2910. The van der Waals surface area contributed by atoms with Gasteiger partial charge in [0.25, 0.3) is 0 Å². The molecule has 0 amide bonds. The second kappa shape index (κ2) is 19.1. The van der Waals surface area contributed by atoms with Crippen molar-refractivity contribution in [1.82, 2.24) is 29.1 Å². The van der Waals surface area contributed by atoms with Crippen LogP contribution in [0.2, 0.25) is 0 Å². The summed E-state index contributed by atoms with van der Waals surface area (Å²) >= 11 is 0. The Morgan fingerprint density at radius 3 is 1.43 bits per heavy atom. The number of aromatic nitrogens is 6. The van der Waals surface area contributed by atoms with Gasteiger partial charge in [0.1, 0.15) is 17.0 Å². The van der Waals surface area contributed by atoms with Crippen LogP contribution in [0.5, 0.6) is 0 Å². The van der Waals surface area contributed by atoms with Crippen LogP contribution in [0.25, 0.3) is 78.3 Å². The van der Waals surface area contributed by atoms with E-state index < -0.39 is 0 Å². The van der Waals surface area contributed by atoms with Crippen LogP contribution in [0.1, 0.15) is 116 Å². The molecule has 325 valence electrons. The maximum Gasteiger partial charge on any atom is 0.227 e. The zero-order valence-electron chi connectivity index (χ0n) is 35.8. The molecule has 6 aromatic heterocycles. The molecule has 0 fully saturated rings. The van der Waals surface area contributed by atoms with E-state index in [-0.39, 0.29) is 46.8 Å². The van der Waals surface area contributed by atoms with E-state index in [1.807, 2.05) is 61.1 Å². The Morgan fingerprint density at radius 1 is 0.492 bits per heavy atom. The molecule has 0 unspecified atom stereocenters. The number of hydrogen-bond acceptors (Lipinski definition) is 6. The number of imidazole rings is 2. The minimum atomic E-state index is 0. The molecule has 0 atom stereocenters. The van der Waals surface area contributed by atoms with Crippen molar-refractivity contribution in [1.29, 1.82) is 0 Å². The molecule has 0 aliphatic heterocycles. The van der Waals surface area contributed by atoms with Crippen LogP contribution in [0, 0.1) is 6.07 Å². The molecule has 10 aromatic rings. The second-order valence-electron chi connectivity index (χ2n) is 16.6. The number of fused-ring (bicyclic) bond motifs is 6. The molecule has 0 saturated heterocycles. The van der Waals surface area contributed by atoms with Gasteiger partial charge in [-0.2, -0.15) is 0 Å². The summed E-state index contributed by atoms with van der Waals surface area (Å²) < 4.78 is 17.0. The molecule has 1 radical (unpaired) electrons. The van der Waals surface area contributed by atoms with Crippen LogP contribution in [-0.2, 0) is 20.1 Å². The molecule has 0 aliphatic carbocycles. The molecule has 6 heterocycles. The summed E-state index contributed by atoms with van der Waals surface area (Å²) in [6.07, 6.45) is 11.4. The molecule has 8 nitrogen and oxygen atoms in total. The monoisotopic (exact) mass is 1010 g/mol. The van der Waals surface area contributed by atoms with E-state index >= 15 is 0 Å². The Hall–Kier alpha value is -6.15. The van der Waals surface area contributed by atoms with E-state index in [0.717, 1.165) is 61.2 Å². The normalized spacial score (nSPS) is 11.4. The van der Waals surface area contributed by atoms with Crippen molar-refractivity contribution in [2.75, 3.05) is 0 Å². The molecule has 0 spiro atoms. The minimum Gasteiger partial charge on any atom is -0.437 e. The molecule has 0 saturated carbocycles. The van der Waals surface area contributed by atoms with E-state index in [0.29, 0.717) is 23.3 Å². The van der Waals surface area contributed by atoms with Crippen molar-refractivity contribution in [2.45, 2.75) is 93.9 Å². The number of hydrogen-bond donors (Lipinski definition) is 0. The number of pyridine rings is 2. The first kappa shape index (κ1) is 46.4. The van der Waals surface area contributed by atoms with Gasteiger partial charge in [0.05, 0.1) is 11.5 Å². The second-order valence-corrected chi connectivity index (χ2v) is 16.6. The standard InChI is InChI=1S/C26H25N3O.C26H24N3O.2CH4.Ir/c2*1-16(2)20-15-21-19-11-8-12-28-26(19)30-24(21)22(17(3)4)23(20)29-14-13-27-25(29)18-9-6-5-7-10-18;;;/h5-17H,1-4H3;5-9,11-17H,1-4H3;2*1H4;/q;-1;;;. The smallest absolute Gasteiger partial charge is 0.227 e. The van der Waals surface area contributed by atoms with Gasteiger partial charge in [-0.1, -0.05) is 101 Å². The van der Waals surface area contributed by atoms with E-state index in [1.54, 1.807) is 12.4 Å². The zero-order valence-corrected chi connectivity index (χ0v) is 38.2. The third kappa shape index (κ3) is 8.28. The maximum absolute atomic E-state index is 6.32. The van der Waals surface area contributed by atoms with E-state index in [9.17, 15) is 0 Å². The molecule has 9 heteroatoms. The fraction of sp³-hybridized carbons (Fsp3) is 0.259. The average molecular weight is 1010 g/mol. The largest absolute Gasteiger partial charge is 0.437 e. The summed E-state index contributed by atoms with van der Waals surface area (Å²) in [5.41, 5.74) is 12.5. The quantitative estimate of drug-likeness (QED) is 0.141. The van der Waals surface area contributed by atoms with Crippen molar-refractivity contribution in [3.05, 3.63) is 156 Å². The van der Waals surface area contributed by atoms with E-state index in [4.69, 9.17) is 13.8 Å². The van der Waals surface area contributed by atoms with Crippen LogP contribution in [-0.4, -0.2) is 29.1 Å². The molecular formula is C54H57IrN6O2-. The molecule has 4 aromatic carbocycles.